The van der Waals surface area contributed by atoms with E-state index in [1.54, 1.807) is 18.5 Å². The first-order valence-corrected chi connectivity index (χ1v) is 27.4. The summed E-state index contributed by atoms with van der Waals surface area (Å²) in [6, 6.07) is 13.1. The van der Waals surface area contributed by atoms with Crippen molar-refractivity contribution < 1.29 is 0 Å². The van der Waals surface area contributed by atoms with Gasteiger partial charge in [-0.1, -0.05) is 13.3 Å². The van der Waals surface area contributed by atoms with Crippen molar-refractivity contribution in [1.82, 2.24) is 0 Å². The van der Waals surface area contributed by atoms with Crippen molar-refractivity contribution in [2.24, 2.45) is 0 Å². The number of hydrogen-bond donors (Lipinski definition) is 0. The number of allylic oxidation sites excluding steroid dienone is 2. The van der Waals surface area contributed by atoms with Gasteiger partial charge in [-0.05, 0) is 0 Å². The summed E-state index contributed by atoms with van der Waals surface area (Å²) in [5, 5.41) is 1.67. The van der Waals surface area contributed by atoms with Crippen molar-refractivity contribution in [2.45, 2.75) is 169 Å². The van der Waals surface area contributed by atoms with E-state index in [1.165, 1.54) is 115 Å². The minimum atomic E-state index is -2.39. The molecule has 0 amide bonds. The molecule has 0 saturated heterocycles. The molecule has 0 aliphatic heterocycles. The number of hydrogen-bond acceptors (Lipinski definition) is 0. The molecule has 0 spiro atoms. The summed E-state index contributed by atoms with van der Waals surface area (Å²) < 4.78 is 6.94. The fraction of sp³-hybridized carbons (Fsp3) is 0.771. The zero-order chi connectivity index (χ0) is 27.2. The van der Waals surface area contributed by atoms with Gasteiger partial charge < -0.3 is 0 Å². The first-order valence-electron chi connectivity index (χ1n) is 16.7. The van der Waals surface area contributed by atoms with Gasteiger partial charge in [-0.25, -0.2) is 0 Å². The van der Waals surface area contributed by atoms with Crippen LogP contribution in [-0.4, -0.2) is 26.5 Å². The van der Waals surface area contributed by atoms with Crippen LogP contribution in [0, 0.1) is 0 Å². The first-order chi connectivity index (χ1) is 18.0. The van der Waals surface area contributed by atoms with Gasteiger partial charge >= 0.3 is 228 Å². The van der Waals surface area contributed by atoms with Crippen LogP contribution in [0.2, 0.25) is 32.4 Å². The van der Waals surface area contributed by atoms with Gasteiger partial charge in [0.1, 0.15) is 0 Å². The summed E-state index contributed by atoms with van der Waals surface area (Å²) in [5.41, 5.74) is 0. The zero-order valence-corrected chi connectivity index (χ0v) is 30.2. The average Bonchev–Trinajstić information content (AvgIpc) is 2.91. The molecule has 1 aromatic carbocycles. The Labute approximate surface area is 239 Å². The molecule has 214 valence electrons. The average molecular weight is 634 g/mol. The second-order valence-electron chi connectivity index (χ2n) is 12.7. The van der Waals surface area contributed by atoms with Gasteiger partial charge in [0, 0.05) is 0 Å². The van der Waals surface area contributed by atoms with Crippen LogP contribution in [0.4, 0.5) is 0 Å². The van der Waals surface area contributed by atoms with Crippen molar-refractivity contribution in [3.05, 3.63) is 40.0 Å². The Balaban J connectivity index is 2.96. The summed E-state index contributed by atoms with van der Waals surface area (Å²) in [5.74, 6) is 0. The quantitative estimate of drug-likeness (QED) is 0.0785. The molecule has 0 heterocycles. The maximum atomic E-state index is 2.89. The molecule has 0 atom stereocenters. The predicted molar refractivity (Wildman–Crippen MR) is 178 cm³/mol. The monoisotopic (exact) mass is 634 g/mol. The van der Waals surface area contributed by atoms with Crippen molar-refractivity contribution in [2.75, 3.05) is 0 Å². The van der Waals surface area contributed by atoms with Gasteiger partial charge in [-0.15, -0.1) is 0 Å². The van der Waals surface area contributed by atoms with E-state index in [1.807, 2.05) is 0 Å². The molecule has 37 heavy (non-hydrogen) atoms. The molecule has 2 heteroatoms. The van der Waals surface area contributed by atoms with E-state index >= 15 is 0 Å². The van der Waals surface area contributed by atoms with Gasteiger partial charge in [0.05, 0.1) is 0 Å². The fourth-order valence-electron chi connectivity index (χ4n) is 6.25. The number of benzene rings is 1. The third-order valence-corrected chi connectivity index (χ3v) is 29.2. The second kappa shape index (κ2) is 21.8. The first kappa shape index (κ1) is 35.0. The molecule has 0 aromatic heterocycles. The Morgan fingerprint density at radius 2 is 1.03 bits per heavy atom. The van der Waals surface area contributed by atoms with Crippen molar-refractivity contribution in [1.29, 1.82) is 0 Å². The fourth-order valence-corrected chi connectivity index (χ4v) is 31.4. The SMILES string of the molecule is CCCCCCCCCCCC/C=[C](\C[Si](C)(C)c1ccccc1)[Sn]([CH2]CCC)([CH2]CCC)[CH2]CCC. The van der Waals surface area contributed by atoms with E-state index < -0.39 is 26.5 Å². The van der Waals surface area contributed by atoms with Crippen LogP contribution >= 0.6 is 0 Å². The molecular formula is C35H66SiSn. The Bertz CT molecular complexity index is 656. The molecule has 0 unspecified atom stereocenters. The Hall–Kier alpha value is -0.0244. The Morgan fingerprint density at radius 3 is 1.49 bits per heavy atom. The summed E-state index contributed by atoms with van der Waals surface area (Å²) in [4.78, 5) is 0. The van der Waals surface area contributed by atoms with Gasteiger partial charge in [0.25, 0.3) is 0 Å². The Kier molecular flexibility index (Phi) is 20.6. The molecule has 0 fully saturated rings. The van der Waals surface area contributed by atoms with Crippen LogP contribution in [0.3, 0.4) is 0 Å². The van der Waals surface area contributed by atoms with Crippen LogP contribution in [0.15, 0.2) is 40.0 Å². The molecule has 0 radical (unpaired) electrons. The van der Waals surface area contributed by atoms with Crippen LogP contribution in [0.1, 0.15) is 137 Å². The molecule has 1 rings (SSSR count). The molecule has 0 saturated carbocycles. The summed E-state index contributed by atoms with van der Waals surface area (Å²) in [6.07, 6.45) is 27.2. The van der Waals surface area contributed by atoms with Gasteiger partial charge in [0.15, 0.2) is 0 Å². The molecule has 1 aromatic rings. The van der Waals surface area contributed by atoms with E-state index in [2.05, 4.69) is 80.8 Å². The molecule has 0 nitrogen and oxygen atoms in total. The van der Waals surface area contributed by atoms with E-state index in [0.29, 0.717) is 0 Å². The van der Waals surface area contributed by atoms with E-state index in [-0.39, 0.29) is 0 Å². The van der Waals surface area contributed by atoms with E-state index in [4.69, 9.17) is 0 Å². The Morgan fingerprint density at radius 1 is 0.595 bits per heavy atom. The normalized spacial score (nSPS) is 12.9. The third kappa shape index (κ3) is 14.8. The molecule has 0 aliphatic carbocycles. The summed E-state index contributed by atoms with van der Waals surface area (Å²) >= 11 is -2.39. The summed E-state index contributed by atoms with van der Waals surface area (Å²) in [6.45, 7) is 14.9. The van der Waals surface area contributed by atoms with Crippen LogP contribution in [0.5, 0.6) is 0 Å². The number of unbranched alkanes of at least 4 members (excludes halogenated alkanes) is 13. The van der Waals surface area contributed by atoms with Gasteiger partial charge in [-0.2, -0.15) is 0 Å². The van der Waals surface area contributed by atoms with Gasteiger partial charge in [-0.3, -0.25) is 0 Å². The van der Waals surface area contributed by atoms with Crippen LogP contribution < -0.4 is 5.19 Å². The molecule has 0 aliphatic rings. The van der Waals surface area contributed by atoms with Crippen molar-refractivity contribution >= 4 is 31.6 Å². The molecular weight excluding hydrogens is 567 g/mol. The van der Waals surface area contributed by atoms with Crippen LogP contribution in [0.25, 0.3) is 0 Å². The van der Waals surface area contributed by atoms with Crippen molar-refractivity contribution in [3.8, 4) is 0 Å². The molecule has 0 N–H and O–H groups in total. The zero-order valence-electron chi connectivity index (χ0n) is 26.3. The van der Waals surface area contributed by atoms with Crippen molar-refractivity contribution in [3.63, 3.8) is 0 Å². The second-order valence-corrected chi connectivity index (χ2v) is 30.8. The summed E-state index contributed by atoms with van der Waals surface area (Å²) in [7, 11) is -1.49. The standard InChI is InChI=1S/C23H39Si.3C4H9.Sn/c1-4-5-6-7-8-9-10-11-12-13-14-15-19-22-24(2,3)23-20-17-16-18-21-23;3*1-3-4-2;/h15-18,20-21H,4-14,22H2,1-3H3;3*1,3-4H2,2H3;. The predicted octanol–water partition coefficient (Wildman–Crippen LogP) is 12.2. The van der Waals surface area contributed by atoms with E-state index in [9.17, 15) is 0 Å². The topological polar surface area (TPSA) is 0 Å². The maximum absolute atomic E-state index is 2.89. The molecule has 0 bridgehead atoms. The number of rotatable bonds is 24. The van der Waals surface area contributed by atoms with Gasteiger partial charge in [0.2, 0.25) is 0 Å². The van der Waals surface area contributed by atoms with E-state index in [0.717, 1.165) is 0 Å². The third-order valence-electron chi connectivity index (χ3n) is 8.84. The minimum absolute atomic E-state index is 1.36. The van der Waals surface area contributed by atoms with Crippen LogP contribution in [-0.2, 0) is 0 Å².